The number of ketones is 1. The maximum absolute atomic E-state index is 12.3. The van der Waals surface area contributed by atoms with Crippen LogP contribution in [-0.4, -0.2) is 21.5 Å². The Morgan fingerprint density at radius 3 is 2.73 bits per heavy atom. The highest BCUT2D eigenvalue weighted by atomic mass is 16.3. The topological polar surface area (TPSA) is 94.9 Å². The molecule has 1 N–H and O–H groups in total. The van der Waals surface area contributed by atoms with Gasteiger partial charge in [0, 0.05) is 12.4 Å². The molecule has 0 saturated heterocycles. The molecule has 0 unspecified atom stereocenters. The lowest BCUT2D eigenvalue weighted by molar-refractivity contribution is -0.113. The molecule has 0 saturated carbocycles. The van der Waals surface area contributed by atoms with Crippen LogP contribution in [0.2, 0.25) is 0 Å². The second kappa shape index (κ2) is 6.06. The molecule has 0 aliphatic carbocycles. The third kappa shape index (κ3) is 2.79. The summed E-state index contributed by atoms with van der Waals surface area (Å²) in [6, 6.07) is 8.42. The lowest BCUT2D eigenvalue weighted by Gasteiger charge is -2.04. The van der Waals surface area contributed by atoms with E-state index in [-0.39, 0.29) is 22.8 Å². The summed E-state index contributed by atoms with van der Waals surface area (Å²) in [5, 5.41) is 18.6. The normalized spacial score (nSPS) is 12.2. The largest absolute Gasteiger partial charge is 0.512 e. The fourth-order valence-electron chi connectivity index (χ4n) is 1.99. The fourth-order valence-corrected chi connectivity index (χ4v) is 1.99. The molecule has 6 nitrogen and oxygen atoms in total. The Morgan fingerprint density at radius 1 is 1.41 bits per heavy atom. The van der Waals surface area contributed by atoms with E-state index in [0.717, 1.165) is 6.21 Å². The zero-order valence-electron chi connectivity index (χ0n) is 12.1. The molecule has 22 heavy (non-hydrogen) atoms. The first-order chi connectivity index (χ1) is 10.5. The first kappa shape index (κ1) is 15.2. The van der Waals surface area contributed by atoms with Gasteiger partial charge in [-0.3, -0.25) is 19.0 Å². The highest BCUT2D eigenvalue weighted by Gasteiger charge is 2.09. The number of aliphatic hydroxyl groups is 1. The summed E-state index contributed by atoms with van der Waals surface area (Å²) < 4.78 is 1.31. The number of pyridine rings is 2. The number of nitrogens with zero attached hydrogens (tertiary/aromatic N) is 3. The Morgan fingerprint density at radius 2 is 2.14 bits per heavy atom. The molecule has 110 valence electrons. The molecule has 0 atom stereocenters. The number of aliphatic hydroxyl groups excluding tert-OH is 1. The third-order valence-corrected chi connectivity index (χ3v) is 3.08. The van der Waals surface area contributed by atoms with E-state index in [1.165, 1.54) is 30.5 Å². The number of nitriles is 1. The van der Waals surface area contributed by atoms with Crippen LogP contribution in [0, 0.1) is 11.3 Å². The molecule has 0 bridgehead atoms. The first-order valence-corrected chi connectivity index (χ1v) is 6.45. The SMILES string of the molecule is CC(=O)/C(C=Nc1cc(C#N)c2ccccn2c1=O)=C(\C)O. The van der Waals surface area contributed by atoms with Crippen LogP contribution in [0.4, 0.5) is 5.69 Å². The predicted octanol–water partition coefficient (Wildman–Crippen LogP) is 2.29. The fraction of sp³-hybridized carbons (Fsp3) is 0.125. The summed E-state index contributed by atoms with van der Waals surface area (Å²) in [5.41, 5.74) is 0.386. The number of carbonyl (C=O) groups is 1. The Labute approximate surface area is 126 Å². The number of carbonyl (C=O) groups excluding carboxylic acids is 1. The number of rotatable bonds is 3. The average molecular weight is 295 g/mol. The molecular formula is C16H13N3O3. The standard InChI is InChI=1S/C16H13N3O3/c1-10(20)13(11(2)21)9-18-14-7-12(8-17)15-5-3-4-6-19(15)16(14)22/h3-7,9,20H,1-2H3/b13-10+,18-9?. The van der Waals surface area contributed by atoms with Crippen LogP contribution in [-0.2, 0) is 4.79 Å². The highest BCUT2D eigenvalue weighted by Crippen LogP contribution is 2.14. The average Bonchev–Trinajstić information content (AvgIpc) is 2.49. The zero-order chi connectivity index (χ0) is 16.3. The van der Waals surface area contributed by atoms with Gasteiger partial charge in [-0.1, -0.05) is 6.07 Å². The van der Waals surface area contributed by atoms with E-state index in [0.29, 0.717) is 11.1 Å². The van der Waals surface area contributed by atoms with Crippen molar-refractivity contribution in [2.45, 2.75) is 13.8 Å². The molecule has 0 aliphatic heterocycles. The Balaban J connectivity index is 2.66. The van der Waals surface area contributed by atoms with Crippen LogP contribution in [0.5, 0.6) is 0 Å². The van der Waals surface area contributed by atoms with Crippen LogP contribution in [0.25, 0.3) is 5.52 Å². The maximum Gasteiger partial charge on any atom is 0.281 e. The molecule has 2 rings (SSSR count). The summed E-state index contributed by atoms with van der Waals surface area (Å²) in [6.07, 6.45) is 2.67. The number of allylic oxidation sites excluding steroid dienone is 2. The summed E-state index contributed by atoms with van der Waals surface area (Å²) in [6.45, 7) is 2.64. The number of hydrogen-bond donors (Lipinski definition) is 1. The smallest absolute Gasteiger partial charge is 0.281 e. The van der Waals surface area contributed by atoms with E-state index in [2.05, 4.69) is 4.99 Å². The van der Waals surface area contributed by atoms with Crippen molar-refractivity contribution in [3.8, 4) is 6.07 Å². The summed E-state index contributed by atoms with van der Waals surface area (Å²) in [7, 11) is 0. The number of aliphatic imine (C=N–C) groups is 1. The number of aromatic nitrogens is 1. The van der Waals surface area contributed by atoms with Crippen LogP contribution >= 0.6 is 0 Å². The van der Waals surface area contributed by atoms with E-state index in [1.807, 2.05) is 6.07 Å². The van der Waals surface area contributed by atoms with Gasteiger partial charge in [0.05, 0.1) is 16.7 Å². The van der Waals surface area contributed by atoms with Crippen molar-refractivity contribution in [3.63, 3.8) is 0 Å². The van der Waals surface area contributed by atoms with Gasteiger partial charge in [0.25, 0.3) is 5.56 Å². The lowest BCUT2D eigenvalue weighted by Crippen LogP contribution is -2.14. The van der Waals surface area contributed by atoms with E-state index < -0.39 is 5.56 Å². The van der Waals surface area contributed by atoms with E-state index in [1.54, 1.807) is 18.2 Å². The number of Topliss-reactive ketones (excluding diaryl/α,β-unsaturated/α-hetero) is 1. The highest BCUT2D eigenvalue weighted by molar-refractivity contribution is 6.12. The molecule has 0 fully saturated rings. The number of hydrogen-bond acceptors (Lipinski definition) is 5. The molecule has 0 spiro atoms. The van der Waals surface area contributed by atoms with Crippen molar-refractivity contribution in [2.24, 2.45) is 4.99 Å². The summed E-state index contributed by atoms with van der Waals surface area (Å²) in [4.78, 5) is 27.7. The van der Waals surface area contributed by atoms with Gasteiger partial charge in [-0.2, -0.15) is 5.26 Å². The Kier molecular flexibility index (Phi) is 4.18. The van der Waals surface area contributed by atoms with Crippen LogP contribution in [0.15, 0.2) is 51.6 Å². The van der Waals surface area contributed by atoms with Gasteiger partial charge in [-0.15, -0.1) is 0 Å². The minimum absolute atomic E-state index is 0.0102. The van der Waals surface area contributed by atoms with Crippen molar-refractivity contribution >= 4 is 23.2 Å². The monoisotopic (exact) mass is 295 g/mol. The molecule has 6 heteroatoms. The van der Waals surface area contributed by atoms with Gasteiger partial charge in [0.1, 0.15) is 17.5 Å². The molecular weight excluding hydrogens is 282 g/mol. The minimum Gasteiger partial charge on any atom is -0.512 e. The van der Waals surface area contributed by atoms with Gasteiger partial charge in [0.2, 0.25) is 0 Å². The molecule has 2 aromatic heterocycles. The summed E-state index contributed by atoms with van der Waals surface area (Å²) in [5.74, 6) is -0.553. The van der Waals surface area contributed by atoms with Gasteiger partial charge >= 0.3 is 0 Å². The quantitative estimate of drug-likeness (QED) is 0.534. The number of fused-ring (bicyclic) bond motifs is 1. The predicted molar refractivity (Wildman–Crippen MR) is 82.5 cm³/mol. The molecule has 0 aromatic carbocycles. The molecule has 0 radical (unpaired) electrons. The van der Waals surface area contributed by atoms with Crippen molar-refractivity contribution in [2.75, 3.05) is 0 Å². The van der Waals surface area contributed by atoms with Crippen molar-refractivity contribution in [1.29, 1.82) is 5.26 Å². The van der Waals surface area contributed by atoms with Gasteiger partial charge in [-0.25, -0.2) is 0 Å². The molecule has 0 amide bonds. The molecule has 2 heterocycles. The van der Waals surface area contributed by atoms with E-state index in [4.69, 9.17) is 0 Å². The lowest BCUT2D eigenvalue weighted by atomic mass is 10.1. The first-order valence-electron chi connectivity index (χ1n) is 6.45. The summed E-state index contributed by atoms with van der Waals surface area (Å²) >= 11 is 0. The second-order valence-corrected chi connectivity index (χ2v) is 4.63. The maximum atomic E-state index is 12.3. The van der Waals surface area contributed by atoms with Gasteiger partial charge < -0.3 is 5.11 Å². The van der Waals surface area contributed by atoms with Gasteiger partial charge in [-0.05, 0) is 32.0 Å². The minimum atomic E-state index is -0.413. The van der Waals surface area contributed by atoms with Crippen molar-refractivity contribution < 1.29 is 9.90 Å². The van der Waals surface area contributed by atoms with Crippen molar-refractivity contribution in [3.05, 3.63) is 57.7 Å². The second-order valence-electron chi connectivity index (χ2n) is 4.63. The van der Waals surface area contributed by atoms with Crippen LogP contribution in [0.1, 0.15) is 19.4 Å². The third-order valence-electron chi connectivity index (χ3n) is 3.08. The Hall–Kier alpha value is -3.20. The van der Waals surface area contributed by atoms with Crippen LogP contribution < -0.4 is 5.56 Å². The van der Waals surface area contributed by atoms with Gasteiger partial charge in [0.15, 0.2) is 5.78 Å². The molecule has 2 aromatic rings. The van der Waals surface area contributed by atoms with Crippen molar-refractivity contribution in [1.82, 2.24) is 4.40 Å². The molecule has 0 aliphatic rings. The van der Waals surface area contributed by atoms with E-state index >= 15 is 0 Å². The Bertz CT molecular complexity index is 910. The zero-order valence-corrected chi connectivity index (χ0v) is 12.1. The van der Waals surface area contributed by atoms with Crippen LogP contribution in [0.3, 0.4) is 0 Å². The van der Waals surface area contributed by atoms with E-state index in [9.17, 15) is 20.0 Å².